The second kappa shape index (κ2) is 5.27. The van der Waals surface area contributed by atoms with Gasteiger partial charge < -0.3 is 0 Å². The lowest BCUT2D eigenvalue weighted by atomic mass is 10.1. The summed E-state index contributed by atoms with van der Waals surface area (Å²) in [5, 5.41) is 0.203. The predicted octanol–water partition coefficient (Wildman–Crippen LogP) is 2.73. The number of fused-ring (bicyclic) bond motifs is 1. The topological polar surface area (TPSA) is 72.0 Å². The normalized spacial score (nSPS) is 14.0. The minimum Gasteiger partial charge on any atom is -0.247 e. The SMILES string of the molecule is Cc1cc(Cl)nc(NS(=O)(=O)c2ccc3c(c2)CCC3)n1. The maximum atomic E-state index is 12.4. The number of hydrogen-bond donors (Lipinski definition) is 1. The van der Waals surface area contributed by atoms with Crippen LogP contribution in [-0.4, -0.2) is 18.4 Å². The third-order valence-electron chi connectivity index (χ3n) is 3.43. The molecule has 21 heavy (non-hydrogen) atoms. The van der Waals surface area contributed by atoms with E-state index in [0.717, 1.165) is 24.8 Å². The van der Waals surface area contributed by atoms with Gasteiger partial charge in [0.25, 0.3) is 10.0 Å². The molecule has 1 aromatic carbocycles. The van der Waals surface area contributed by atoms with Gasteiger partial charge in [-0.1, -0.05) is 17.7 Å². The Morgan fingerprint density at radius 3 is 2.67 bits per heavy atom. The Morgan fingerprint density at radius 2 is 1.90 bits per heavy atom. The van der Waals surface area contributed by atoms with E-state index in [2.05, 4.69) is 14.7 Å². The van der Waals surface area contributed by atoms with Crippen molar-refractivity contribution in [1.82, 2.24) is 9.97 Å². The predicted molar refractivity (Wildman–Crippen MR) is 81.1 cm³/mol. The number of hydrogen-bond acceptors (Lipinski definition) is 4. The molecule has 110 valence electrons. The fourth-order valence-corrected chi connectivity index (χ4v) is 3.70. The lowest BCUT2D eigenvalue weighted by molar-refractivity contribution is 0.600. The van der Waals surface area contributed by atoms with E-state index in [4.69, 9.17) is 11.6 Å². The Bertz CT molecular complexity index is 786. The Labute approximate surface area is 128 Å². The van der Waals surface area contributed by atoms with E-state index < -0.39 is 10.0 Å². The van der Waals surface area contributed by atoms with Gasteiger partial charge in [-0.05, 0) is 55.5 Å². The smallest absolute Gasteiger partial charge is 0.247 e. The fourth-order valence-electron chi connectivity index (χ4n) is 2.47. The first-order valence-electron chi connectivity index (χ1n) is 6.60. The van der Waals surface area contributed by atoms with Gasteiger partial charge in [-0.25, -0.2) is 23.1 Å². The number of benzene rings is 1. The van der Waals surface area contributed by atoms with E-state index in [1.54, 1.807) is 25.1 Å². The van der Waals surface area contributed by atoms with Crippen molar-refractivity contribution in [3.63, 3.8) is 0 Å². The molecule has 7 heteroatoms. The summed E-state index contributed by atoms with van der Waals surface area (Å²) in [6.07, 6.45) is 3.01. The van der Waals surface area contributed by atoms with Crippen LogP contribution in [0.15, 0.2) is 29.2 Å². The second-order valence-electron chi connectivity index (χ2n) is 5.05. The third-order valence-corrected chi connectivity index (χ3v) is 4.95. The number of sulfonamides is 1. The van der Waals surface area contributed by atoms with Gasteiger partial charge in [0.05, 0.1) is 4.90 Å². The van der Waals surface area contributed by atoms with Crippen molar-refractivity contribution in [2.24, 2.45) is 0 Å². The van der Waals surface area contributed by atoms with Gasteiger partial charge in [0.1, 0.15) is 5.15 Å². The summed E-state index contributed by atoms with van der Waals surface area (Å²) in [5.74, 6) is -0.0134. The molecule has 1 aliphatic carbocycles. The van der Waals surface area contributed by atoms with Crippen LogP contribution in [0.2, 0.25) is 5.15 Å². The molecule has 0 saturated carbocycles. The molecule has 0 atom stereocenters. The van der Waals surface area contributed by atoms with E-state index in [9.17, 15) is 8.42 Å². The van der Waals surface area contributed by atoms with Crippen molar-refractivity contribution in [1.29, 1.82) is 0 Å². The fraction of sp³-hybridized carbons (Fsp3) is 0.286. The maximum Gasteiger partial charge on any atom is 0.264 e. The number of aromatic nitrogens is 2. The highest BCUT2D eigenvalue weighted by Crippen LogP contribution is 2.25. The minimum atomic E-state index is -3.70. The summed E-state index contributed by atoms with van der Waals surface area (Å²) in [6, 6.07) is 6.78. The summed E-state index contributed by atoms with van der Waals surface area (Å²) >= 11 is 5.82. The minimum absolute atomic E-state index is 0.0134. The number of nitrogens with zero attached hydrogens (tertiary/aromatic N) is 2. The largest absolute Gasteiger partial charge is 0.264 e. The van der Waals surface area contributed by atoms with Gasteiger partial charge in [0.15, 0.2) is 0 Å². The zero-order valence-corrected chi connectivity index (χ0v) is 13.0. The van der Waals surface area contributed by atoms with Gasteiger partial charge >= 0.3 is 0 Å². The molecule has 0 amide bonds. The van der Waals surface area contributed by atoms with Crippen LogP contribution in [0.3, 0.4) is 0 Å². The van der Waals surface area contributed by atoms with Crippen molar-refractivity contribution in [2.45, 2.75) is 31.1 Å². The number of aryl methyl sites for hydroxylation is 3. The van der Waals surface area contributed by atoms with Crippen LogP contribution < -0.4 is 4.72 Å². The molecule has 1 N–H and O–H groups in total. The molecule has 0 aliphatic heterocycles. The Balaban J connectivity index is 1.93. The van der Waals surface area contributed by atoms with E-state index >= 15 is 0 Å². The number of nitrogens with one attached hydrogen (secondary N) is 1. The van der Waals surface area contributed by atoms with Crippen LogP contribution in [0.25, 0.3) is 0 Å². The van der Waals surface area contributed by atoms with Crippen LogP contribution in [0.4, 0.5) is 5.95 Å². The highest BCUT2D eigenvalue weighted by atomic mass is 35.5. The number of halogens is 1. The lowest BCUT2D eigenvalue weighted by Gasteiger charge is -2.09. The average molecular weight is 324 g/mol. The highest BCUT2D eigenvalue weighted by Gasteiger charge is 2.19. The van der Waals surface area contributed by atoms with Gasteiger partial charge in [-0.3, -0.25) is 0 Å². The van der Waals surface area contributed by atoms with E-state index in [0.29, 0.717) is 5.69 Å². The monoisotopic (exact) mass is 323 g/mol. The summed E-state index contributed by atoms with van der Waals surface area (Å²) in [7, 11) is -3.70. The van der Waals surface area contributed by atoms with Crippen LogP contribution in [0, 0.1) is 6.92 Å². The Morgan fingerprint density at radius 1 is 1.14 bits per heavy atom. The first-order valence-corrected chi connectivity index (χ1v) is 8.46. The molecule has 0 fully saturated rings. The van der Waals surface area contributed by atoms with E-state index in [1.807, 2.05) is 6.07 Å². The van der Waals surface area contributed by atoms with Gasteiger partial charge in [-0.15, -0.1) is 0 Å². The molecule has 0 bridgehead atoms. The Kier molecular flexibility index (Phi) is 3.59. The molecule has 3 rings (SSSR count). The first kappa shape index (κ1) is 14.3. The maximum absolute atomic E-state index is 12.4. The molecule has 1 aromatic heterocycles. The van der Waals surface area contributed by atoms with Gasteiger partial charge in [0.2, 0.25) is 5.95 Å². The highest BCUT2D eigenvalue weighted by molar-refractivity contribution is 7.92. The standard InChI is InChI=1S/C14H14ClN3O2S/c1-9-7-13(15)17-14(16-9)18-21(19,20)12-6-5-10-3-2-4-11(10)8-12/h5-8H,2-4H2,1H3,(H,16,17,18). The molecule has 1 heterocycles. The molecule has 5 nitrogen and oxygen atoms in total. The molecule has 0 spiro atoms. The summed E-state index contributed by atoms with van der Waals surface area (Å²) in [5.41, 5.74) is 2.92. The molecular weight excluding hydrogens is 310 g/mol. The van der Waals surface area contributed by atoms with Crippen LogP contribution in [0.1, 0.15) is 23.2 Å². The van der Waals surface area contributed by atoms with Crippen molar-refractivity contribution in [3.05, 3.63) is 46.2 Å². The van der Waals surface area contributed by atoms with Crippen molar-refractivity contribution < 1.29 is 8.42 Å². The van der Waals surface area contributed by atoms with Gasteiger partial charge in [0, 0.05) is 5.69 Å². The molecule has 0 radical (unpaired) electrons. The van der Waals surface area contributed by atoms with E-state index in [-0.39, 0.29) is 16.0 Å². The zero-order valence-electron chi connectivity index (χ0n) is 11.4. The number of rotatable bonds is 3. The third kappa shape index (κ3) is 3.01. The Hall–Kier alpha value is -1.66. The van der Waals surface area contributed by atoms with Crippen LogP contribution in [-0.2, 0) is 22.9 Å². The van der Waals surface area contributed by atoms with Crippen LogP contribution >= 0.6 is 11.6 Å². The quantitative estimate of drug-likeness (QED) is 0.882. The lowest BCUT2D eigenvalue weighted by Crippen LogP contribution is -2.15. The van der Waals surface area contributed by atoms with E-state index in [1.165, 1.54) is 5.56 Å². The number of anilines is 1. The average Bonchev–Trinajstić information content (AvgIpc) is 2.83. The van der Waals surface area contributed by atoms with Crippen molar-refractivity contribution in [2.75, 3.05) is 4.72 Å². The van der Waals surface area contributed by atoms with Crippen molar-refractivity contribution >= 4 is 27.6 Å². The summed E-state index contributed by atoms with van der Waals surface area (Å²) < 4.78 is 27.2. The summed E-state index contributed by atoms with van der Waals surface area (Å²) in [6.45, 7) is 1.72. The molecular formula is C14H14ClN3O2S. The second-order valence-corrected chi connectivity index (χ2v) is 7.11. The zero-order chi connectivity index (χ0) is 15.0. The molecule has 0 unspecified atom stereocenters. The molecule has 2 aromatic rings. The summed E-state index contributed by atoms with van der Waals surface area (Å²) in [4.78, 5) is 8.14. The molecule has 1 aliphatic rings. The molecule has 0 saturated heterocycles. The van der Waals surface area contributed by atoms with Crippen molar-refractivity contribution in [3.8, 4) is 0 Å². The van der Waals surface area contributed by atoms with Gasteiger partial charge in [-0.2, -0.15) is 0 Å². The van der Waals surface area contributed by atoms with Crippen LogP contribution in [0.5, 0.6) is 0 Å². The first-order chi connectivity index (χ1) is 9.94.